The van der Waals surface area contributed by atoms with Crippen LogP contribution in [0.2, 0.25) is 0 Å². The Balaban J connectivity index is 3.21. The third-order valence-electron chi connectivity index (χ3n) is 1.19. The molecule has 0 rings (SSSR count). The summed E-state index contributed by atoms with van der Waals surface area (Å²) in [7, 11) is 0. The first-order chi connectivity index (χ1) is 5.68. The number of unbranched alkanes of at least 4 members (excludes halogenated alkanes) is 1. The minimum atomic E-state index is -0.970. The fraction of sp³-hybridized carbons (Fsp3) is 0.714. The SMILES string of the molecule is N#CCCCSCC(N)C(=O)O. The lowest BCUT2D eigenvalue weighted by atomic mass is 10.4. The molecule has 0 heterocycles. The molecule has 0 radical (unpaired) electrons. The summed E-state index contributed by atoms with van der Waals surface area (Å²) in [6.45, 7) is 0. The minimum absolute atomic E-state index is 0.417. The van der Waals surface area contributed by atoms with Crippen LogP contribution in [0.3, 0.4) is 0 Å². The molecule has 0 spiro atoms. The molecule has 0 aliphatic heterocycles. The van der Waals surface area contributed by atoms with Crippen LogP contribution in [0.4, 0.5) is 0 Å². The molecule has 0 aromatic carbocycles. The van der Waals surface area contributed by atoms with Gasteiger partial charge in [0.05, 0.1) is 6.07 Å². The van der Waals surface area contributed by atoms with Crippen molar-refractivity contribution in [1.82, 2.24) is 0 Å². The van der Waals surface area contributed by atoms with Gasteiger partial charge in [-0.15, -0.1) is 0 Å². The maximum Gasteiger partial charge on any atom is 0.321 e. The van der Waals surface area contributed by atoms with Crippen molar-refractivity contribution in [3.63, 3.8) is 0 Å². The van der Waals surface area contributed by atoms with Crippen molar-refractivity contribution in [3.05, 3.63) is 0 Å². The summed E-state index contributed by atoms with van der Waals surface area (Å²) in [6.07, 6.45) is 1.32. The van der Waals surface area contributed by atoms with Crippen LogP contribution >= 0.6 is 11.8 Å². The van der Waals surface area contributed by atoms with Crippen LogP contribution in [0.15, 0.2) is 0 Å². The van der Waals surface area contributed by atoms with Gasteiger partial charge in [0.15, 0.2) is 0 Å². The number of hydrogen-bond donors (Lipinski definition) is 2. The number of thioether (sulfide) groups is 1. The van der Waals surface area contributed by atoms with Crippen molar-refractivity contribution in [1.29, 1.82) is 5.26 Å². The number of nitrogens with zero attached hydrogens (tertiary/aromatic N) is 1. The van der Waals surface area contributed by atoms with Crippen LogP contribution in [0.5, 0.6) is 0 Å². The van der Waals surface area contributed by atoms with Gasteiger partial charge in [-0.3, -0.25) is 4.79 Å². The summed E-state index contributed by atoms with van der Waals surface area (Å²) >= 11 is 1.47. The molecule has 4 nitrogen and oxygen atoms in total. The molecule has 0 aliphatic carbocycles. The van der Waals surface area contributed by atoms with Gasteiger partial charge >= 0.3 is 5.97 Å². The number of nitriles is 1. The van der Waals surface area contributed by atoms with Crippen molar-refractivity contribution in [2.24, 2.45) is 5.73 Å². The van der Waals surface area contributed by atoms with E-state index in [2.05, 4.69) is 0 Å². The molecule has 0 aliphatic rings. The Morgan fingerprint density at radius 2 is 2.42 bits per heavy atom. The number of rotatable bonds is 6. The summed E-state index contributed by atoms with van der Waals surface area (Å²) < 4.78 is 0. The summed E-state index contributed by atoms with van der Waals surface area (Å²) in [5, 5.41) is 16.6. The molecule has 0 saturated carbocycles. The summed E-state index contributed by atoms with van der Waals surface area (Å²) in [6, 6.07) is 1.24. The Labute approximate surface area is 75.7 Å². The third kappa shape index (κ3) is 6.01. The zero-order valence-corrected chi connectivity index (χ0v) is 7.51. The van der Waals surface area contributed by atoms with Gasteiger partial charge in [0.1, 0.15) is 6.04 Å². The molecule has 0 amide bonds. The lowest BCUT2D eigenvalue weighted by Crippen LogP contribution is -2.32. The number of nitrogens with two attached hydrogens (primary N) is 1. The van der Waals surface area contributed by atoms with E-state index >= 15 is 0 Å². The van der Waals surface area contributed by atoms with E-state index in [1.807, 2.05) is 6.07 Å². The zero-order valence-electron chi connectivity index (χ0n) is 6.69. The predicted octanol–water partition coefficient (Wildman–Crippen LogP) is 0.435. The van der Waals surface area contributed by atoms with E-state index in [0.717, 1.165) is 12.2 Å². The first kappa shape index (κ1) is 11.3. The van der Waals surface area contributed by atoms with Gasteiger partial charge in [0.25, 0.3) is 0 Å². The largest absolute Gasteiger partial charge is 0.480 e. The van der Waals surface area contributed by atoms with Gasteiger partial charge in [-0.2, -0.15) is 17.0 Å². The van der Waals surface area contributed by atoms with E-state index in [4.69, 9.17) is 16.1 Å². The number of carboxylic acids is 1. The standard InChI is InChI=1S/C7H12N2O2S/c8-3-1-2-4-12-5-6(9)7(10)11/h6H,1-2,4-5,9H2,(H,10,11). The first-order valence-corrected chi connectivity index (χ1v) is 4.77. The second-order valence-corrected chi connectivity index (χ2v) is 3.43. The summed E-state index contributed by atoms with van der Waals surface area (Å²) in [4.78, 5) is 10.2. The first-order valence-electron chi connectivity index (χ1n) is 3.61. The van der Waals surface area contributed by atoms with E-state index in [9.17, 15) is 4.79 Å². The van der Waals surface area contributed by atoms with Crippen LogP contribution in [0.1, 0.15) is 12.8 Å². The van der Waals surface area contributed by atoms with Crippen molar-refractivity contribution < 1.29 is 9.90 Å². The van der Waals surface area contributed by atoms with E-state index in [1.165, 1.54) is 11.8 Å². The van der Waals surface area contributed by atoms with E-state index < -0.39 is 12.0 Å². The number of hydrogen-bond acceptors (Lipinski definition) is 4. The van der Waals surface area contributed by atoms with E-state index in [-0.39, 0.29) is 0 Å². The van der Waals surface area contributed by atoms with Crippen LogP contribution in [-0.4, -0.2) is 28.6 Å². The molecular formula is C7H12N2O2S. The molecule has 0 fully saturated rings. The lowest BCUT2D eigenvalue weighted by Gasteiger charge is -2.04. The Morgan fingerprint density at radius 1 is 1.75 bits per heavy atom. The topological polar surface area (TPSA) is 87.1 Å². The van der Waals surface area contributed by atoms with Crippen molar-refractivity contribution in [3.8, 4) is 6.07 Å². The lowest BCUT2D eigenvalue weighted by molar-refractivity contribution is -0.137. The van der Waals surface area contributed by atoms with Gasteiger partial charge in [0.2, 0.25) is 0 Å². The van der Waals surface area contributed by atoms with Crippen LogP contribution in [-0.2, 0) is 4.79 Å². The molecule has 1 unspecified atom stereocenters. The quantitative estimate of drug-likeness (QED) is 0.590. The van der Waals surface area contributed by atoms with Crippen molar-refractivity contribution in [2.75, 3.05) is 11.5 Å². The monoisotopic (exact) mass is 188 g/mol. The summed E-state index contributed by atoms with van der Waals surface area (Å²) in [5.41, 5.74) is 5.25. The molecule has 0 saturated heterocycles. The fourth-order valence-corrected chi connectivity index (χ4v) is 1.45. The third-order valence-corrected chi connectivity index (χ3v) is 2.36. The maximum atomic E-state index is 10.2. The molecule has 5 heteroatoms. The van der Waals surface area contributed by atoms with E-state index in [0.29, 0.717) is 12.2 Å². The smallest absolute Gasteiger partial charge is 0.321 e. The van der Waals surface area contributed by atoms with Crippen LogP contribution < -0.4 is 5.73 Å². The second kappa shape index (κ2) is 6.95. The highest BCUT2D eigenvalue weighted by Gasteiger charge is 2.09. The average molecular weight is 188 g/mol. The molecular weight excluding hydrogens is 176 g/mol. The fourth-order valence-electron chi connectivity index (χ4n) is 0.535. The van der Waals surface area contributed by atoms with Gasteiger partial charge in [-0.05, 0) is 12.2 Å². The molecule has 0 aromatic heterocycles. The minimum Gasteiger partial charge on any atom is -0.480 e. The molecule has 68 valence electrons. The van der Waals surface area contributed by atoms with Crippen molar-refractivity contribution in [2.45, 2.75) is 18.9 Å². The van der Waals surface area contributed by atoms with Gasteiger partial charge in [-0.25, -0.2) is 0 Å². The number of aliphatic carboxylic acids is 1. The zero-order chi connectivity index (χ0) is 9.40. The Hall–Kier alpha value is -0.730. The molecule has 1 atom stereocenters. The highest BCUT2D eigenvalue weighted by Crippen LogP contribution is 2.05. The van der Waals surface area contributed by atoms with Crippen molar-refractivity contribution >= 4 is 17.7 Å². The van der Waals surface area contributed by atoms with Crippen LogP contribution in [0, 0.1) is 11.3 Å². The average Bonchev–Trinajstić information content (AvgIpc) is 2.03. The number of carboxylic acid groups (broad SMARTS) is 1. The highest BCUT2D eigenvalue weighted by atomic mass is 32.2. The summed E-state index contributed by atoms with van der Waals surface area (Å²) in [5.74, 6) is 0.248. The predicted molar refractivity (Wildman–Crippen MR) is 47.8 cm³/mol. The molecule has 12 heavy (non-hydrogen) atoms. The molecule has 3 N–H and O–H groups in total. The van der Waals surface area contributed by atoms with Gasteiger partial charge in [0, 0.05) is 12.2 Å². The van der Waals surface area contributed by atoms with Gasteiger partial charge in [-0.1, -0.05) is 0 Å². The van der Waals surface area contributed by atoms with Gasteiger partial charge < -0.3 is 10.8 Å². The normalized spacial score (nSPS) is 12.0. The maximum absolute atomic E-state index is 10.2. The number of carbonyl (C=O) groups is 1. The molecule has 0 aromatic rings. The highest BCUT2D eigenvalue weighted by molar-refractivity contribution is 7.99. The Kier molecular flexibility index (Phi) is 6.53. The van der Waals surface area contributed by atoms with E-state index in [1.54, 1.807) is 0 Å². The molecule has 0 bridgehead atoms. The second-order valence-electron chi connectivity index (χ2n) is 2.28. The Morgan fingerprint density at radius 3 is 2.92 bits per heavy atom. The van der Waals surface area contributed by atoms with Crippen LogP contribution in [0.25, 0.3) is 0 Å². The Bertz CT molecular complexity index is 179.